The summed E-state index contributed by atoms with van der Waals surface area (Å²) in [6.45, 7) is 3.08. The second-order valence-electron chi connectivity index (χ2n) is 6.97. The molecular formula is C23H21N3O2. The Morgan fingerprint density at radius 2 is 1.86 bits per heavy atom. The predicted molar refractivity (Wildman–Crippen MR) is 108 cm³/mol. The number of nitrogens with one attached hydrogen (secondary N) is 1. The van der Waals surface area contributed by atoms with Gasteiger partial charge in [-0.3, -0.25) is 14.6 Å². The number of para-hydroxylation sites is 1. The highest BCUT2D eigenvalue weighted by Gasteiger charge is 2.25. The van der Waals surface area contributed by atoms with Crippen LogP contribution in [0.4, 0.5) is 5.69 Å². The quantitative estimate of drug-likeness (QED) is 0.763. The monoisotopic (exact) mass is 371 g/mol. The first-order valence-corrected chi connectivity index (χ1v) is 9.30. The van der Waals surface area contributed by atoms with E-state index in [1.165, 1.54) is 12.4 Å². The molecule has 2 amide bonds. The molecule has 0 saturated heterocycles. The van der Waals surface area contributed by atoms with Crippen molar-refractivity contribution < 1.29 is 9.59 Å². The number of carbonyl (C=O) groups is 2. The number of benzene rings is 2. The molecule has 1 N–H and O–H groups in total. The van der Waals surface area contributed by atoms with Crippen molar-refractivity contribution in [2.24, 2.45) is 0 Å². The number of aryl methyl sites for hydroxylation is 1. The number of nitrogens with zero attached hydrogens (tertiary/aromatic N) is 2. The van der Waals surface area contributed by atoms with E-state index in [1.54, 1.807) is 11.0 Å². The van der Waals surface area contributed by atoms with Gasteiger partial charge < -0.3 is 10.2 Å². The first kappa shape index (κ1) is 17.9. The van der Waals surface area contributed by atoms with E-state index in [4.69, 9.17) is 0 Å². The fraction of sp³-hybridized carbons (Fsp3) is 0.174. The van der Waals surface area contributed by atoms with Gasteiger partial charge in [0.2, 0.25) is 0 Å². The Morgan fingerprint density at radius 3 is 2.71 bits per heavy atom. The zero-order valence-corrected chi connectivity index (χ0v) is 15.7. The number of carbonyl (C=O) groups excluding carboxylic acids is 2. The lowest BCUT2D eigenvalue weighted by Crippen LogP contribution is -2.29. The van der Waals surface area contributed by atoms with Gasteiger partial charge in [0.25, 0.3) is 11.8 Å². The molecule has 1 aromatic heterocycles. The summed E-state index contributed by atoms with van der Waals surface area (Å²) < 4.78 is 0. The molecule has 0 radical (unpaired) electrons. The van der Waals surface area contributed by atoms with Gasteiger partial charge in [0.05, 0.1) is 11.1 Å². The van der Waals surface area contributed by atoms with E-state index in [-0.39, 0.29) is 11.8 Å². The number of anilines is 1. The molecule has 0 fully saturated rings. The predicted octanol–water partition coefficient (Wildman–Crippen LogP) is 3.52. The number of aromatic nitrogens is 1. The average molecular weight is 371 g/mol. The Morgan fingerprint density at radius 1 is 1.04 bits per heavy atom. The molecule has 4 rings (SSSR count). The van der Waals surface area contributed by atoms with Crippen LogP contribution in [0.2, 0.25) is 0 Å². The van der Waals surface area contributed by atoms with Crippen LogP contribution in [-0.4, -0.2) is 23.3 Å². The summed E-state index contributed by atoms with van der Waals surface area (Å²) >= 11 is 0. The second-order valence-corrected chi connectivity index (χ2v) is 6.97. The van der Waals surface area contributed by atoms with Crippen molar-refractivity contribution >= 4 is 17.5 Å². The van der Waals surface area contributed by atoms with Crippen molar-refractivity contribution in [2.75, 3.05) is 11.4 Å². The molecule has 0 aliphatic carbocycles. The van der Waals surface area contributed by atoms with Crippen LogP contribution in [0.3, 0.4) is 0 Å². The molecule has 0 bridgehead atoms. The molecule has 1 aliphatic heterocycles. The third kappa shape index (κ3) is 3.64. The highest BCUT2D eigenvalue weighted by molar-refractivity contribution is 6.08. The number of fused-ring (bicyclic) bond motifs is 1. The molecule has 140 valence electrons. The smallest absolute Gasteiger partial charge is 0.259 e. The van der Waals surface area contributed by atoms with Crippen molar-refractivity contribution in [1.82, 2.24) is 10.3 Å². The third-order valence-electron chi connectivity index (χ3n) is 4.92. The summed E-state index contributed by atoms with van der Waals surface area (Å²) in [4.78, 5) is 31.3. The molecule has 0 atom stereocenters. The van der Waals surface area contributed by atoms with E-state index in [2.05, 4.69) is 10.3 Å². The van der Waals surface area contributed by atoms with E-state index >= 15 is 0 Å². The van der Waals surface area contributed by atoms with Crippen LogP contribution in [0.1, 0.15) is 37.4 Å². The lowest BCUT2D eigenvalue weighted by atomic mass is 10.1. The van der Waals surface area contributed by atoms with Crippen LogP contribution in [0, 0.1) is 6.92 Å². The highest BCUT2D eigenvalue weighted by Crippen LogP contribution is 2.28. The number of hydrogen-bond acceptors (Lipinski definition) is 3. The fourth-order valence-corrected chi connectivity index (χ4v) is 3.49. The van der Waals surface area contributed by atoms with E-state index in [1.807, 2.05) is 55.5 Å². The molecule has 5 nitrogen and oxygen atoms in total. The first-order valence-electron chi connectivity index (χ1n) is 9.30. The summed E-state index contributed by atoms with van der Waals surface area (Å²) in [7, 11) is 0. The van der Waals surface area contributed by atoms with Crippen LogP contribution >= 0.6 is 0 Å². The molecule has 3 aromatic rings. The number of hydrogen-bond donors (Lipinski definition) is 1. The van der Waals surface area contributed by atoms with Crippen LogP contribution in [0.25, 0.3) is 0 Å². The van der Waals surface area contributed by atoms with Crippen molar-refractivity contribution in [3.05, 3.63) is 94.8 Å². The maximum Gasteiger partial charge on any atom is 0.259 e. The summed E-state index contributed by atoms with van der Waals surface area (Å²) in [6, 6.07) is 17.5. The molecule has 1 aliphatic rings. The normalized spacial score (nSPS) is 12.5. The van der Waals surface area contributed by atoms with Crippen LogP contribution < -0.4 is 10.2 Å². The van der Waals surface area contributed by atoms with Gasteiger partial charge in [0, 0.05) is 31.2 Å². The Hall–Kier alpha value is -3.47. The maximum absolute atomic E-state index is 13.0. The molecular weight excluding hydrogens is 350 g/mol. The second kappa shape index (κ2) is 7.64. The van der Waals surface area contributed by atoms with Gasteiger partial charge in [-0.2, -0.15) is 0 Å². The molecule has 5 heteroatoms. The van der Waals surface area contributed by atoms with Crippen molar-refractivity contribution in [3.63, 3.8) is 0 Å². The number of rotatable bonds is 4. The Kier molecular flexibility index (Phi) is 4.89. The van der Waals surface area contributed by atoms with E-state index in [9.17, 15) is 9.59 Å². The minimum atomic E-state index is -0.245. The largest absolute Gasteiger partial charge is 0.348 e. The summed E-state index contributed by atoms with van der Waals surface area (Å²) in [5.74, 6) is -0.378. The first-order chi connectivity index (χ1) is 13.6. The molecule has 28 heavy (non-hydrogen) atoms. The minimum Gasteiger partial charge on any atom is -0.348 e. The van der Waals surface area contributed by atoms with Gasteiger partial charge in [-0.25, -0.2) is 0 Å². The van der Waals surface area contributed by atoms with Crippen molar-refractivity contribution in [3.8, 4) is 0 Å². The lowest BCUT2D eigenvalue weighted by Gasteiger charge is -2.17. The van der Waals surface area contributed by atoms with Gasteiger partial charge >= 0.3 is 0 Å². The summed E-state index contributed by atoms with van der Waals surface area (Å²) in [5.41, 5.74) is 5.07. The Labute approximate surface area is 164 Å². The van der Waals surface area contributed by atoms with Crippen molar-refractivity contribution in [2.45, 2.75) is 19.9 Å². The van der Waals surface area contributed by atoms with Crippen LogP contribution in [0.15, 0.2) is 67.0 Å². The van der Waals surface area contributed by atoms with Crippen LogP contribution in [-0.2, 0) is 13.0 Å². The molecule has 2 aromatic carbocycles. The zero-order valence-electron chi connectivity index (χ0n) is 15.7. The summed E-state index contributed by atoms with van der Waals surface area (Å²) in [5, 5.41) is 2.89. The number of amides is 2. The molecule has 2 heterocycles. The van der Waals surface area contributed by atoms with E-state index < -0.39 is 0 Å². The lowest BCUT2D eigenvalue weighted by molar-refractivity contribution is 0.0950. The SMILES string of the molecule is Cc1cccc(CNC(=O)c2cncc(C(=O)N3CCc4ccccc43)c2)c1. The number of pyridine rings is 1. The van der Waals surface area contributed by atoms with E-state index in [0.717, 1.165) is 28.8 Å². The van der Waals surface area contributed by atoms with Crippen molar-refractivity contribution in [1.29, 1.82) is 0 Å². The fourth-order valence-electron chi connectivity index (χ4n) is 3.49. The minimum absolute atomic E-state index is 0.134. The Bertz CT molecular complexity index is 1050. The standard InChI is InChI=1S/C23H21N3O2/c1-16-5-4-6-17(11-16)13-25-22(27)19-12-20(15-24-14-19)23(28)26-10-9-18-7-2-3-8-21(18)26/h2-8,11-12,14-15H,9-10,13H2,1H3,(H,25,27). The van der Waals surface area contributed by atoms with Gasteiger partial charge in [-0.15, -0.1) is 0 Å². The van der Waals surface area contributed by atoms with Gasteiger partial charge in [-0.05, 0) is 36.6 Å². The van der Waals surface area contributed by atoms with E-state index in [0.29, 0.717) is 24.2 Å². The van der Waals surface area contributed by atoms with Gasteiger partial charge in [0.15, 0.2) is 0 Å². The molecule has 0 spiro atoms. The zero-order chi connectivity index (χ0) is 19.5. The average Bonchev–Trinajstić information content (AvgIpc) is 3.16. The highest BCUT2D eigenvalue weighted by atomic mass is 16.2. The van der Waals surface area contributed by atoms with Crippen LogP contribution in [0.5, 0.6) is 0 Å². The third-order valence-corrected chi connectivity index (χ3v) is 4.92. The van der Waals surface area contributed by atoms with Gasteiger partial charge in [-0.1, -0.05) is 48.0 Å². The Balaban J connectivity index is 1.48. The topological polar surface area (TPSA) is 62.3 Å². The summed E-state index contributed by atoms with van der Waals surface area (Å²) in [6.07, 6.45) is 3.84. The molecule has 0 saturated carbocycles. The molecule has 0 unspecified atom stereocenters. The van der Waals surface area contributed by atoms with Gasteiger partial charge in [0.1, 0.15) is 0 Å². The maximum atomic E-state index is 13.0.